The van der Waals surface area contributed by atoms with Crippen LogP contribution in [0.5, 0.6) is 0 Å². The van der Waals surface area contributed by atoms with Gasteiger partial charge in [-0.15, -0.1) is 0 Å². The van der Waals surface area contributed by atoms with Gasteiger partial charge in [-0.05, 0) is 21.5 Å². The molecule has 0 aliphatic rings. The second-order valence-electron chi connectivity index (χ2n) is 4.46. The largest absolute Gasteiger partial charge is 0.515 e. The number of hydrogen-bond donors (Lipinski definition) is 2. The van der Waals surface area contributed by atoms with E-state index >= 15 is 0 Å². The van der Waals surface area contributed by atoms with Crippen LogP contribution in [0.15, 0.2) is 36.4 Å². The maximum Gasteiger partial charge on any atom is 0.337 e. The van der Waals surface area contributed by atoms with Gasteiger partial charge in [0.15, 0.2) is 6.29 Å². The van der Waals surface area contributed by atoms with Gasteiger partial charge in [0.2, 0.25) is 0 Å². The summed E-state index contributed by atoms with van der Waals surface area (Å²) in [5, 5.41) is 21.8. The highest BCUT2D eigenvalue weighted by molar-refractivity contribution is 6.20. The molecule has 0 radical (unpaired) electrons. The summed E-state index contributed by atoms with van der Waals surface area (Å²) in [7, 11) is 0. The first-order chi connectivity index (χ1) is 9.69. The molecular weight excluding hydrogens is 256 g/mol. The first-order valence-corrected chi connectivity index (χ1v) is 5.99. The molecule has 0 bridgehead atoms. The van der Waals surface area contributed by atoms with E-state index in [4.69, 9.17) is 0 Å². The Hall–Kier alpha value is -2.88. The van der Waals surface area contributed by atoms with Gasteiger partial charge < -0.3 is 10.2 Å². The molecule has 0 aliphatic heterocycles. The lowest BCUT2D eigenvalue weighted by Gasteiger charge is -2.11. The van der Waals surface area contributed by atoms with Gasteiger partial charge in [0.25, 0.3) is 0 Å². The number of rotatable bonds is 2. The molecule has 0 fully saturated rings. The number of carboxylic acid groups (broad SMARTS) is 1. The van der Waals surface area contributed by atoms with Crippen LogP contribution in [0.4, 0.5) is 0 Å². The summed E-state index contributed by atoms with van der Waals surface area (Å²) in [6, 6.07) is 10.7. The molecule has 0 atom stereocenters. The number of aldehydes is 1. The molecule has 0 spiro atoms. The lowest BCUT2D eigenvalue weighted by atomic mass is 9.91. The fourth-order valence-corrected chi connectivity index (χ4v) is 2.69. The molecular formula is C16H10O4. The number of carbonyl (C=O) groups excluding carboxylic acids is 1. The number of hydrogen-bond acceptors (Lipinski definition) is 3. The van der Waals surface area contributed by atoms with Gasteiger partial charge in [0, 0.05) is 10.8 Å². The molecule has 0 saturated heterocycles. The van der Waals surface area contributed by atoms with Crippen molar-refractivity contribution in [1.29, 1.82) is 0 Å². The van der Waals surface area contributed by atoms with Gasteiger partial charge in [-0.2, -0.15) is 0 Å². The predicted molar refractivity (Wildman–Crippen MR) is 76.1 cm³/mol. The van der Waals surface area contributed by atoms with Crippen molar-refractivity contribution in [3.63, 3.8) is 0 Å². The van der Waals surface area contributed by atoms with Crippen LogP contribution in [0.2, 0.25) is 0 Å². The average molecular weight is 266 g/mol. The van der Waals surface area contributed by atoms with Crippen molar-refractivity contribution in [3.05, 3.63) is 52.7 Å². The van der Waals surface area contributed by atoms with Crippen molar-refractivity contribution in [2.24, 2.45) is 0 Å². The van der Waals surface area contributed by atoms with E-state index in [9.17, 15) is 19.8 Å². The summed E-state index contributed by atoms with van der Waals surface area (Å²) >= 11 is 0. The molecule has 3 aromatic carbocycles. The number of benzene rings is 3. The topological polar surface area (TPSA) is 74.6 Å². The average Bonchev–Trinajstić information content (AvgIpc) is 2.46. The van der Waals surface area contributed by atoms with Crippen molar-refractivity contribution in [2.45, 2.75) is 0 Å². The van der Waals surface area contributed by atoms with E-state index in [1.807, 2.05) is 12.1 Å². The minimum atomic E-state index is -1.19. The number of aliphatic hydroxyl groups is 1. The number of carbonyl (C=O) groups is 2. The zero-order valence-corrected chi connectivity index (χ0v) is 10.3. The Morgan fingerprint density at radius 3 is 2.25 bits per heavy atom. The van der Waals surface area contributed by atoms with Crippen LogP contribution in [-0.2, 0) is 0 Å². The van der Waals surface area contributed by atoms with Gasteiger partial charge in [-0.3, -0.25) is 4.79 Å². The van der Waals surface area contributed by atoms with Crippen LogP contribution >= 0.6 is 0 Å². The Labute approximate surface area is 113 Å². The molecule has 0 unspecified atom stereocenters. The van der Waals surface area contributed by atoms with E-state index in [2.05, 4.69) is 0 Å². The summed E-state index contributed by atoms with van der Waals surface area (Å²) < 4.78 is 0. The summed E-state index contributed by atoms with van der Waals surface area (Å²) in [6.07, 6.45) is 1.26. The van der Waals surface area contributed by atoms with Crippen LogP contribution in [-0.4, -0.2) is 22.5 Å². The number of aliphatic hydroxyl groups excluding tert-OH is 1. The third kappa shape index (κ3) is 1.48. The molecule has 4 nitrogen and oxygen atoms in total. The quantitative estimate of drug-likeness (QED) is 0.699. The zero-order chi connectivity index (χ0) is 14.3. The van der Waals surface area contributed by atoms with Gasteiger partial charge in [0.1, 0.15) is 0 Å². The second-order valence-corrected chi connectivity index (χ2v) is 4.46. The highest BCUT2D eigenvalue weighted by atomic mass is 16.4. The SMILES string of the molecule is O=Cc1c(C(=O)O)c2cccc3cccc(c1=CO)c32. The molecule has 3 rings (SSSR count). The van der Waals surface area contributed by atoms with Crippen LogP contribution in [0.25, 0.3) is 27.8 Å². The zero-order valence-electron chi connectivity index (χ0n) is 10.3. The molecule has 0 amide bonds. The van der Waals surface area contributed by atoms with Gasteiger partial charge in [0.05, 0.1) is 11.8 Å². The standard InChI is InChI=1S/C16H10O4/c17-7-12-10-5-1-3-9-4-2-6-11(14(9)10)15(16(19)20)13(12)8-18/h1-8,17H,(H,19,20). The fraction of sp³-hybridized carbons (Fsp3) is 0. The van der Waals surface area contributed by atoms with Crippen molar-refractivity contribution in [3.8, 4) is 0 Å². The van der Waals surface area contributed by atoms with Crippen molar-refractivity contribution < 1.29 is 19.8 Å². The van der Waals surface area contributed by atoms with Crippen molar-refractivity contribution >= 4 is 40.1 Å². The van der Waals surface area contributed by atoms with E-state index in [-0.39, 0.29) is 16.3 Å². The molecule has 2 N–H and O–H groups in total. The molecule has 0 aliphatic carbocycles. The third-order valence-electron chi connectivity index (χ3n) is 3.48. The minimum Gasteiger partial charge on any atom is -0.515 e. The van der Waals surface area contributed by atoms with Gasteiger partial charge >= 0.3 is 5.97 Å². The molecule has 4 heteroatoms. The maximum absolute atomic E-state index is 11.5. The lowest BCUT2D eigenvalue weighted by molar-refractivity contribution is 0.0696. The van der Waals surface area contributed by atoms with E-state index in [0.29, 0.717) is 17.1 Å². The highest BCUT2D eigenvalue weighted by Gasteiger charge is 2.19. The Morgan fingerprint density at radius 1 is 1.05 bits per heavy atom. The van der Waals surface area contributed by atoms with Crippen molar-refractivity contribution in [2.75, 3.05) is 0 Å². The van der Waals surface area contributed by atoms with Crippen molar-refractivity contribution in [1.82, 2.24) is 0 Å². The normalized spacial score (nSPS) is 12.1. The fourth-order valence-electron chi connectivity index (χ4n) is 2.69. The Kier molecular flexibility index (Phi) is 2.64. The molecule has 0 saturated carbocycles. The third-order valence-corrected chi connectivity index (χ3v) is 3.48. The lowest BCUT2D eigenvalue weighted by Crippen LogP contribution is -2.17. The molecule has 98 valence electrons. The summed E-state index contributed by atoms with van der Waals surface area (Å²) in [5.74, 6) is -1.19. The summed E-state index contributed by atoms with van der Waals surface area (Å²) in [5.41, 5.74) is -0.0872. The number of carboxylic acids is 1. The van der Waals surface area contributed by atoms with Gasteiger partial charge in [-0.1, -0.05) is 36.4 Å². The number of aromatic carboxylic acids is 1. The maximum atomic E-state index is 11.5. The smallest absolute Gasteiger partial charge is 0.337 e. The predicted octanol–water partition coefficient (Wildman–Crippen LogP) is 2.52. The van der Waals surface area contributed by atoms with Crippen LogP contribution in [0, 0.1) is 0 Å². The molecule has 3 aromatic rings. The molecule has 20 heavy (non-hydrogen) atoms. The minimum absolute atomic E-state index is 0.00815. The Balaban J connectivity index is 2.78. The summed E-state index contributed by atoms with van der Waals surface area (Å²) in [6.45, 7) is 0. The monoisotopic (exact) mass is 266 g/mol. The van der Waals surface area contributed by atoms with Crippen LogP contribution in [0.3, 0.4) is 0 Å². The van der Waals surface area contributed by atoms with Crippen LogP contribution < -0.4 is 5.22 Å². The van der Waals surface area contributed by atoms with E-state index < -0.39 is 5.97 Å². The first kappa shape index (κ1) is 12.2. The Bertz CT molecular complexity index is 904. The van der Waals surface area contributed by atoms with Gasteiger partial charge in [-0.25, -0.2) is 4.79 Å². The Morgan fingerprint density at radius 2 is 1.70 bits per heavy atom. The molecule has 0 aromatic heterocycles. The summed E-state index contributed by atoms with van der Waals surface area (Å²) in [4.78, 5) is 22.8. The van der Waals surface area contributed by atoms with Crippen LogP contribution in [0.1, 0.15) is 20.7 Å². The second kappa shape index (κ2) is 4.35. The van der Waals surface area contributed by atoms with E-state index in [1.165, 1.54) is 0 Å². The first-order valence-electron chi connectivity index (χ1n) is 5.99. The van der Waals surface area contributed by atoms with E-state index in [0.717, 1.165) is 17.0 Å². The highest BCUT2D eigenvalue weighted by Crippen LogP contribution is 2.28. The molecule has 0 heterocycles. The van der Waals surface area contributed by atoms with E-state index in [1.54, 1.807) is 24.3 Å².